The van der Waals surface area contributed by atoms with Crippen molar-refractivity contribution in [2.45, 2.75) is 99.7 Å². The summed E-state index contributed by atoms with van der Waals surface area (Å²) in [5, 5.41) is 2.80. The van der Waals surface area contributed by atoms with Crippen molar-refractivity contribution in [1.29, 1.82) is 0 Å². The van der Waals surface area contributed by atoms with Crippen LogP contribution in [0.4, 0.5) is 0 Å². The van der Waals surface area contributed by atoms with Crippen LogP contribution in [0.2, 0.25) is 0 Å². The molecule has 238 valence electrons. The van der Waals surface area contributed by atoms with Crippen LogP contribution in [0.15, 0.2) is 60.7 Å². The van der Waals surface area contributed by atoms with E-state index >= 15 is 0 Å². The second-order valence-electron chi connectivity index (χ2n) is 12.3. The van der Waals surface area contributed by atoms with Gasteiger partial charge in [-0.05, 0) is 57.7 Å². The van der Waals surface area contributed by atoms with E-state index in [0.717, 1.165) is 0 Å². The molecule has 0 aromatic heterocycles. The molecule has 0 aliphatic rings. The lowest BCUT2D eigenvalue weighted by Gasteiger charge is -2.33. The van der Waals surface area contributed by atoms with Crippen LogP contribution in [0.3, 0.4) is 0 Å². The minimum absolute atomic E-state index is 0.152. The lowest BCUT2D eigenvalue weighted by molar-refractivity contribution is -0.198. The highest BCUT2D eigenvalue weighted by molar-refractivity contribution is 5.91. The summed E-state index contributed by atoms with van der Waals surface area (Å²) in [7, 11) is 1.55. The van der Waals surface area contributed by atoms with Gasteiger partial charge in [0.2, 0.25) is 12.2 Å². The maximum absolute atomic E-state index is 13.5. The second kappa shape index (κ2) is 16.8. The van der Waals surface area contributed by atoms with Crippen molar-refractivity contribution in [2.24, 2.45) is 10.8 Å². The predicted molar refractivity (Wildman–Crippen MR) is 165 cm³/mol. The van der Waals surface area contributed by atoms with Crippen LogP contribution >= 0.6 is 0 Å². The van der Waals surface area contributed by atoms with Gasteiger partial charge in [0.1, 0.15) is 18.8 Å². The van der Waals surface area contributed by atoms with Crippen LogP contribution in [0, 0.1) is 10.8 Å². The third-order valence-corrected chi connectivity index (χ3v) is 6.32. The number of hydrogen-bond acceptors (Lipinski definition) is 9. The van der Waals surface area contributed by atoms with Gasteiger partial charge in [0, 0.05) is 0 Å². The first-order valence-electron chi connectivity index (χ1n) is 14.6. The highest BCUT2D eigenvalue weighted by atomic mass is 16.6. The van der Waals surface area contributed by atoms with Gasteiger partial charge < -0.3 is 24.3 Å². The molecule has 0 heterocycles. The van der Waals surface area contributed by atoms with Crippen molar-refractivity contribution >= 4 is 23.9 Å². The van der Waals surface area contributed by atoms with E-state index in [0.29, 0.717) is 17.5 Å². The molecule has 43 heavy (non-hydrogen) atoms. The Morgan fingerprint density at radius 2 is 1.02 bits per heavy atom. The van der Waals surface area contributed by atoms with Crippen LogP contribution < -0.4 is 5.32 Å². The summed E-state index contributed by atoms with van der Waals surface area (Å²) in [6.07, 6.45) is -3.41. The Kier molecular flexibility index (Phi) is 14.6. The molecule has 0 bridgehead atoms. The first-order chi connectivity index (χ1) is 20.1. The number of carbonyl (C=O) groups excluding carboxylic acids is 4. The topological polar surface area (TPSA) is 117 Å². The molecule has 2 aromatic rings. The molecule has 2 aromatic carbocycles. The lowest BCUT2D eigenvalue weighted by Crippen LogP contribution is -2.53. The third kappa shape index (κ3) is 12.6. The average molecular weight is 600 g/mol. The monoisotopic (exact) mass is 599 g/mol. The summed E-state index contributed by atoms with van der Waals surface area (Å²) in [4.78, 5) is 53.4. The number of nitrogens with one attached hydrogen (secondary N) is 1. The quantitative estimate of drug-likeness (QED) is 0.226. The van der Waals surface area contributed by atoms with Gasteiger partial charge in [-0.15, -0.1) is 0 Å². The smallest absolute Gasteiger partial charge is 0.352 e. The molecule has 9 heteroatoms. The van der Waals surface area contributed by atoms with Gasteiger partial charge in [-0.3, -0.25) is 9.59 Å². The molecule has 2 rings (SSSR count). The summed E-state index contributed by atoms with van der Waals surface area (Å²) in [6, 6.07) is 17.7. The molecule has 1 N–H and O–H groups in total. The van der Waals surface area contributed by atoms with Gasteiger partial charge in [-0.25, -0.2) is 9.59 Å². The molecule has 0 aliphatic carbocycles. The Morgan fingerprint density at radius 1 is 0.651 bits per heavy atom. The van der Waals surface area contributed by atoms with Gasteiger partial charge >= 0.3 is 23.9 Å². The van der Waals surface area contributed by atoms with E-state index in [1.54, 1.807) is 83.3 Å². The number of carbonyl (C=O) groups is 4. The number of hydrogen-bond donors (Lipinski definition) is 1. The van der Waals surface area contributed by atoms with E-state index in [-0.39, 0.29) is 18.6 Å². The van der Waals surface area contributed by atoms with E-state index < -0.39 is 47.0 Å². The van der Waals surface area contributed by atoms with E-state index in [1.165, 1.54) is 0 Å². The zero-order valence-electron chi connectivity index (χ0n) is 27.3. The van der Waals surface area contributed by atoms with Crippen molar-refractivity contribution in [2.75, 3.05) is 7.05 Å². The summed E-state index contributed by atoms with van der Waals surface area (Å²) in [5.41, 5.74) is -1.17. The minimum atomic E-state index is -1.92. The number of ether oxygens (including phenoxy) is 4. The van der Waals surface area contributed by atoms with Gasteiger partial charge in [0.15, 0.2) is 0 Å². The fourth-order valence-corrected chi connectivity index (χ4v) is 4.13. The average Bonchev–Trinajstić information content (AvgIpc) is 2.97. The second-order valence-corrected chi connectivity index (χ2v) is 12.3. The van der Waals surface area contributed by atoms with Crippen LogP contribution in [0.5, 0.6) is 0 Å². The molecule has 0 fully saturated rings. The molecule has 0 radical (unpaired) electrons. The van der Waals surface area contributed by atoms with Gasteiger partial charge in [0.25, 0.3) is 0 Å². The standard InChI is InChI=1S/C32H43NO8.C2H6/c1-30(2,3)21-31(4,5)28(36)40-24(26(34)38-19-22-15-11-9-12-16-22)25(41-29(37)32(6,7)33-8)27(35)39-20-23-17-13-10-14-18-23;1-2/h9-18,24-25,33H,19-21H2,1-8H3;1-2H3. The Labute approximate surface area is 256 Å². The van der Waals surface area contributed by atoms with Crippen LogP contribution in [0.1, 0.15) is 79.9 Å². The van der Waals surface area contributed by atoms with Crippen LogP contribution in [-0.2, 0) is 51.3 Å². The van der Waals surface area contributed by atoms with Gasteiger partial charge in [-0.1, -0.05) is 95.3 Å². The van der Waals surface area contributed by atoms with E-state index in [2.05, 4.69) is 5.32 Å². The SMILES string of the molecule is CC.CNC(C)(C)C(=O)OC(C(=O)OCc1ccccc1)C(OC(=O)C(C)(C)CC(C)(C)C)C(=O)OCc1ccccc1. The van der Waals surface area contributed by atoms with Gasteiger partial charge in [0.05, 0.1) is 5.41 Å². The molecule has 0 saturated carbocycles. The molecule has 2 unspecified atom stereocenters. The Hall–Kier alpha value is -3.72. The van der Waals surface area contributed by atoms with Crippen LogP contribution in [0.25, 0.3) is 0 Å². The van der Waals surface area contributed by atoms with Crippen molar-refractivity contribution in [3.8, 4) is 0 Å². The number of likely N-dealkylation sites (N-methyl/N-ethyl adjacent to an activating group) is 1. The van der Waals surface area contributed by atoms with Gasteiger partial charge in [-0.2, -0.15) is 0 Å². The Balaban J connectivity index is 0.00000452. The number of benzene rings is 2. The Bertz CT molecular complexity index is 1170. The summed E-state index contributed by atoms with van der Waals surface area (Å²) >= 11 is 0. The first-order valence-corrected chi connectivity index (χ1v) is 14.6. The maximum Gasteiger partial charge on any atom is 0.352 e. The molecule has 0 amide bonds. The highest BCUT2D eigenvalue weighted by Crippen LogP contribution is 2.35. The zero-order valence-corrected chi connectivity index (χ0v) is 27.3. The predicted octanol–water partition coefficient (Wildman–Crippen LogP) is 5.78. The van der Waals surface area contributed by atoms with Crippen molar-refractivity contribution in [3.05, 3.63) is 71.8 Å². The molecular weight excluding hydrogens is 550 g/mol. The lowest BCUT2D eigenvalue weighted by atomic mass is 9.76. The highest BCUT2D eigenvalue weighted by Gasteiger charge is 2.47. The largest absolute Gasteiger partial charge is 0.458 e. The fourth-order valence-electron chi connectivity index (χ4n) is 4.13. The summed E-state index contributed by atoms with van der Waals surface area (Å²) in [6.45, 7) is 16.1. The van der Waals surface area contributed by atoms with Crippen molar-refractivity contribution in [3.63, 3.8) is 0 Å². The summed E-state index contributed by atoms with van der Waals surface area (Å²) in [5.74, 6) is -3.71. The van der Waals surface area contributed by atoms with Crippen molar-refractivity contribution in [1.82, 2.24) is 5.32 Å². The first kappa shape index (κ1) is 37.3. The zero-order chi connectivity index (χ0) is 32.8. The minimum Gasteiger partial charge on any atom is -0.458 e. The fraction of sp³-hybridized carbons (Fsp3) is 0.529. The molecule has 0 aliphatic heterocycles. The van der Waals surface area contributed by atoms with E-state index in [9.17, 15) is 19.2 Å². The Morgan fingerprint density at radius 3 is 1.37 bits per heavy atom. The molecule has 9 nitrogen and oxygen atoms in total. The molecule has 0 saturated heterocycles. The molecular formula is C34H49NO8. The third-order valence-electron chi connectivity index (χ3n) is 6.32. The van der Waals surface area contributed by atoms with Crippen LogP contribution in [-0.4, -0.2) is 48.7 Å². The van der Waals surface area contributed by atoms with E-state index in [1.807, 2.05) is 46.8 Å². The molecule has 2 atom stereocenters. The summed E-state index contributed by atoms with van der Waals surface area (Å²) < 4.78 is 22.1. The number of rotatable bonds is 13. The number of esters is 4. The molecule has 0 spiro atoms. The maximum atomic E-state index is 13.5. The normalized spacial score (nSPS) is 13.0. The van der Waals surface area contributed by atoms with Crippen molar-refractivity contribution < 1.29 is 38.1 Å². The van der Waals surface area contributed by atoms with E-state index in [4.69, 9.17) is 18.9 Å².